The zero-order chi connectivity index (χ0) is 17.2. The highest BCUT2D eigenvalue weighted by Gasteiger charge is 2.24. The van der Waals surface area contributed by atoms with Crippen LogP contribution in [0.2, 0.25) is 0 Å². The van der Waals surface area contributed by atoms with Gasteiger partial charge in [0.15, 0.2) is 0 Å². The molecule has 2 aromatic carbocycles. The Hall–Kier alpha value is -3.21. The molecule has 1 aliphatic rings. The van der Waals surface area contributed by atoms with Gasteiger partial charge in [0, 0.05) is 24.0 Å². The molecule has 0 aliphatic carbocycles. The van der Waals surface area contributed by atoms with Gasteiger partial charge in [-0.15, -0.1) is 0 Å². The quantitative estimate of drug-likeness (QED) is 0.785. The summed E-state index contributed by atoms with van der Waals surface area (Å²) in [5.74, 6) is -0.258. The van der Waals surface area contributed by atoms with Crippen molar-refractivity contribution in [2.75, 3.05) is 19.6 Å². The number of amides is 2. The van der Waals surface area contributed by atoms with Gasteiger partial charge in [-0.25, -0.2) is 4.98 Å². The number of aromatic nitrogens is 1. The number of fused-ring (bicyclic) bond motifs is 1. The number of piperazine rings is 1. The summed E-state index contributed by atoms with van der Waals surface area (Å²) in [4.78, 5) is 31.0. The van der Waals surface area contributed by atoms with Crippen molar-refractivity contribution in [1.29, 1.82) is 0 Å². The maximum atomic E-state index is 13.1. The lowest BCUT2D eigenvalue weighted by molar-refractivity contribution is -0.123. The van der Waals surface area contributed by atoms with Crippen molar-refractivity contribution in [3.05, 3.63) is 66.2 Å². The Kier molecular flexibility index (Phi) is 3.90. The third-order valence-corrected chi connectivity index (χ3v) is 4.34. The number of pyridine rings is 1. The summed E-state index contributed by atoms with van der Waals surface area (Å²) in [6, 6.07) is 19.2. The number of hydrogen-bond donors (Lipinski definition) is 1. The molecule has 0 spiro atoms. The van der Waals surface area contributed by atoms with E-state index in [9.17, 15) is 9.59 Å². The zero-order valence-electron chi connectivity index (χ0n) is 13.6. The van der Waals surface area contributed by atoms with E-state index in [2.05, 4.69) is 5.32 Å². The van der Waals surface area contributed by atoms with E-state index >= 15 is 0 Å². The molecular weight excluding hydrogens is 314 g/mol. The van der Waals surface area contributed by atoms with Crippen molar-refractivity contribution in [2.45, 2.75) is 0 Å². The third-order valence-electron chi connectivity index (χ3n) is 4.34. The zero-order valence-corrected chi connectivity index (χ0v) is 13.6. The van der Waals surface area contributed by atoms with Gasteiger partial charge in [0.25, 0.3) is 5.91 Å². The normalized spacial score (nSPS) is 14.4. The van der Waals surface area contributed by atoms with Gasteiger partial charge in [-0.1, -0.05) is 48.5 Å². The van der Waals surface area contributed by atoms with Crippen LogP contribution in [0.5, 0.6) is 0 Å². The fraction of sp³-hybridized carbons (Fsp3) is 0.150. The lowest BCUT2D eigenvalue weighted by Gasteiger charge is -2.27. The molecule has 4 rings (SSSR count). The Bertz CT molecular complexity index is 954. The summed E-state index contributed by atoms with van der Waals surface area (Å²) < 4.78 is 0. The van der Waals surface area contributed by atoms with Gasteiger partial charge in [0.2, 0.25) is 5.91 Å². The van der Waals surface area contributed by atoms with Gasteiger partial charge in [-0.3, -0.25) is 9.59 Å². The second kappa shape index (κ2) is 6.36. The molecule has 1 aromatic heterocycles. The maximum Gasteiger partial charge on any atom is 0.255 e. The van der Waals surface area contributed by atoms with Crippen molar-refractivity contribution in [3.63, 3.8) is 0 Å². The molecule has 3 aromatic rings. The number of carbonyl (C=O) groups is 2. The topological polar surface area (TPSA) is 62.3 Å². The molecule has 5 nitrogen and oxygen atoms in total. The summed E-state index contributed by atoms with van der Waals surface area (Å²) in [6.07, 6.45) is 0. The lowest BCUT2D eigenvalue weighted by Crippen LogP contribution is -2.50. The number of para-hydroxylation sites is 1. The predicted octanol–water partition coefficient (Wildman–Crippen LogP) is 2.47. The average Bonchev–Trinajstić information content (AvgIpc) is 2.67. The molecule has 2 amide bonds. The van der Waals surface area contributed by atoms with Crippen molar-refractivity contribution in [1.82, 2.24) is 15.2 Å². The van der Waals surface area contributed by atoms with Crippen LogP contribution < -0.4 is 5.32 Å². The summed E-state index contributed by atoms with van der Waals surface area (Å²) in [5, 5.41) is 3.55. The second-order valence-corrected chi connectivity index (χ2v) is 6.01. The largest absolute Gasteiger partial charge is 0.353 e. The molecule has 0 radical (unpaired) electrons. The van der Waals surface area contributed by atoms with Crippen molar-refractivity contribution < 1.29 is 9.59 Å². The Morgan fingerprint density at radius 3 is 2.60 bits per heavy atom. The molecular formula is C20H17N3O2. The number of benzene rings is 2. The highest BCUT2D eigenvalue weighted by atomic mass is 16.2. The van der Waals surface area contributed by atoms with Crippen LogP contribution in [0.4, 0.5) is 0 Å². The van der Waals surface area contributed by atoms with E-state index < -0.39 is 0 Å². The molecule has 0 saturated carbocycles. The molecule has 2 heterocycles. The van der Waals surface area contributed by atoms with E-state index in [0.717, 1.165) is 22.2 Å². The Morgan fingerprint density at radius 1 is 1.04 bits per heavy atom. The SMILES string of the molecule is O=C1CN(C(=O)c2cc(-c3ccccc3)nc3ccccc23)CCN1. The first kappa shape index (κ1) is 15.3. The molecule has 5 heteroatoms. The maximum absolute atomic E-state index is 13.1. The van der Waals surface area contributed by atoms with E-state index in [0.29, 0.717) is 18.7 Å². The molecule has 1 saturated heterocycles. The molecule has 1 aliphatic heterocycles. The molecule has 124 valence electrons. The van der Waals surface area contributed by atoms with Crippen LogP contribution in [0.15, 0.2) is 60.7 Å². The van der Waals surface area contributed by atoms with Gasteiger partial charge < -0.3 is 10.2 Å². The van der Waals surface area contributed by atoms with E-state index in [1.54, 1.807) is 4.90 Å². The van der Waals surface area contributed by atoms with Crippen molar-refractivity contribution >= 4 is 22.7 Å². The van der Waals surface area contributed by atoms with Crippen molar-refractivity contribution in [2.24, 2.45) is 0 Å². The first-order valence-electron chi connectivity index (χ1n) is 8.23. The van der Waals surface area contributed by atoms with Gasteiger partial charge in [-0.05, 0) is 12.1 Å². The predicted molar refractivity (Wildman–Crippen MR) is 96.1 cm³/mol. The summed E-state index contributed by atoms with van der Waals surface area (Å²) in [7, 11) is 0. The lowest BCUT2D eigenvalue weighted by atomic mass is 10.0. The molecule has 25 heavy (non-hydrogen) atoms. The highest BCUT2D eigenvalue weighted by molar-refractivity contribution is 6.08. The first-order chi connectivity index (χ1) is 12.2. The van der Waals surface area contributed by atoms with Crippen LogP contribution in [-0.2, 0) is 4.79 Å². The van der Waals surface area contributed by atoms with Crippen LogP contribution >= 0.6 is 0 Å². The Balaban J connectivity index is 1.84. The summed E-state index contributed by atoms with van der Waals surface area (Å²) in [5.41, 5.74) is 3.07. The minimum atomic E-state index is -0.134. The first-order valence-corrected chi connectivity index (χ1v) is 8.23. The summed E-state index contributed by atoms with van der Waals surface area (Å²) >= 11 is 0. The van der Waals surface area contributed by atoms with Crippen LogP contribution in [0, 0.1) is 0 Å². The molecule has 0 atom stereocenters. The highest BCUT2D eigenvalue weighted by Crippen LogP contribution is 2.25. The van der Waals surface area contributed by atoms with Crippen LogP contribution in [0.3, 0.4) is 0 Å². The van der Waals surface area contributed by atoms with E-state index in [1.807, 2.05) is 60.7 Å². The average molecular weight is 331 g/mol. The molecule has 0 bridgehead atoms. The number of hydrogen-bond acceptors (Lipinski definition) is 3. The fourth-order valence-corrected chi connectivity index (χ4v) is 3.09. The minimum Gasteiger partial charge on any atom is -0.353 e. The van der Waals surface area contributed by atoms with Crippen LogP contribution in [0.25, 0.3) is 22.2 Å². The monoisotopic (exact) mass is 331 g/mol. The number of rotatable bonds is 2. The molecule has 1 N–H and O–H groups in total. The van der Waals surface area contributed by atoms with E-state index in [1.165, 1.54) is 0 Å². The standard InChI is InChI=1S/C20H17N3O2/c24-19-13-23(11-10-21-19)20(25)16-12-18(14-6-2-1-3-7-14)22-17-9-5-4-8-15(16)17/h1-9,12H,10-11,13H2,(H,21,24). The second-order valence-electron chi connectivity index (χ2n) is 6.01. The Labute approximate surface area is 145 Å². The van der Waals surface area contributed by atoms with Gasteiger partial charge in [0.1, 0.15) is 0 Å². The fourth-order valence-electron chi connectivity index (χ4n) is 3.09. The smallest absolute Gasteiger partial charge is 0.255 e. The number of nitrogens with zero attached hydrogens (tertiary/aromatic N) is 2. The molecule has 0 unspecified atom stereocenters. The van der Waals surface area contributed by atoms with Gasteiger partial charge in [-0.2, -0.15) is 0 Å². The number of carbonyl (C=O) groups excluding carboxylic acids is 2. The minimum absolute atomic E-state index is 0.0934. The van der Waals surface area contributed by atoms with Crippen LogP contribution in [0.1, 0.15) is 10.4 Å². The third kappa shape index (κ3) is 2.96. The van der Waals surface area contributed by atoms with Gasteiger partial charge in [0.05, 0.1) is 23.3 Å². The van der Waals surface area contributed by atoms with E-state index in [4.69, 9.17) is 4.98 Å². The van der Waals surface area contributed by atoms with E-state index in [-0.39, 0.29) is 18.4 Å². The van der Waals surface area contributed by atoms with Crippen molar-refractivity contribution in [3.8, 4) is 11.3 Å². The van der Waals surface area contributed by atoms with Gasteiger partial charge >= 0.3 is 0 Å². The van der Waals surface area contributed by atoms with Crippen LogP contribution in [-0.4, -0.2) is 41.3 Å². The summed E-state index contributed by atoms with van der Waals surface area (Å²) in [6.45, 7) is 1.09. The molecule has 1 fully saturated rings. The number of nitrogens with one attached hydrogen (secondary N) is 1. The Morgan fingerprint density at radius 2 is 1.80 bits per heavy atom.